The van der Waals surface area contributed by atoms with Crippen LogP contribution in [0.4, 0.5) is 11.6 Å². The summed E-state index contributed by atoms with van der Waals surface area (Å²) < 4.78 is 5.77. The second kappa shape index (κ2) is 20.2. The van der Waals surface area contributed by atoms with Crippen molar-refractivity contribution in [3.63, 3.8) is 0 Å². The number of nitrogens with two attached hydrogens (primary N) is 3. The molecule has 2 aromatic rings. The van der Waals surface area contributed by atoms with Gasteiger partial charge in [-0.05, 0) is 37.0 Å². The Kier molecular flexibility index (Phi) is 17.2. The van der Waals surface area contributed by atoms with Crippen molar-refractivity contribution >= 4 is 34.9 Å². The van der Waals surface area contributed by atoms with Gasteiger partial charge in [-0.25, -0.2) is 9.97 Å². The number of unbranched alkanes of at least 4 members (excludes halogenated alkanes) is 1. The van der Waals surface area contributed by atoms with Crippen molar-refractivity contribution in [2.24, 2.45) is 10.7 Å². The van der Waals surface area contributed by atoms with Gasteiger partial charge in [0.2, 0.25) is 0 Å². The minimum atomic E-state index is -1.68. The number of ether oxygens (including phenoxy) is 1. The average molecular weight is 688 g/mol. The molecule has 0 radical (unpaired) electrons. The van der Waals surface area contributed by atoms with Gasteiger partial charge in [-0.3, -0.25) is 14.7 Å². The Morgan fingerprint density at radius 2 is 1.45 bits per heavy atom. The molecule has 0 aliphatic carbocycles. The zero-order valence-corrected chi connectivity index (χ0v) is 26.6. The first-order valence-electron chi connectivity index (χ1n) is 14.9. The summed E-state index contributed by atoms with van der Waals surface area (Å²) in [5.74, 6) is -0.0186. The third-order valence-electron chi connectivity index (χ3n) is 7.14. The first-order valence-corrected chi connectivity index (χ1v) is 15.3. The van der Waals surface area contributed by atoms with Crippen LogP contribution in [0.25, 0.3) is 0 Å². The molecule has 0 fully saturated rings. The maximum absolute atomic E-state index is 12.4. The van der Waals surface area contributed by atoms with Crippen molar-refractivity contribution in [1.82, 2.24) is 14.9 Å². The molecular weight excluding hydrogens is 642 g/mol. The highest BCUT2D eigenvalue weighted by Crippen LogP contribution is 2.19. The van der Waals surface area contributed by atoms with Crippen molar-refractivity contribution in [3.8, 4) is 5.75 Å². The fourth-order valence-electron chi connectivity index (χ4n) is 4.39. The van der Waals surface area contributed by atoms with Crippen LogP contribution in [0.2, 0.25) is 5.15 Å². The smallest absolute Gasteiger partial charge is 0.192 e. The van der Waals surface area contributed by atoms with E-state index in [9.17, 15) is 35.4 Å². The van der Waals surface area contributed by atoms with Gasteiger partial charge in [-0.15, -0.1) is 0 Å². The molecule has 264 valence electrons. The van der Waals surface area contributed by atoms with Crippen molar-refractivity contribution in [2.45, 2.75) is 62.3 Å². The highest BCUT2D eigenvalue weighted by atomic mass is 35.5. The minimum absolute atomic E-state index is 0.0720. The van der Waals surface area contributed by atoms with Crippen LogP contribution in [0, 0.1) is 0 Å². The number of carbonyl (C=O) groups is 1. The zero-order chi connectivity index (χ0) is 35.1. The van der Waals surface area contributed by atoms with E-state index in [1.807, 2.05) is 12.1 Å². The number of aryl methyl sites for hydroxylation is 1. The monoisotopic (exact) mass is 687 g/mol. The molecule has 47 heavy (non-hydrogen) atoms. The number of ketones is 1. The maximum atomic E-state index is 12.4. The van der Waals surface area contributed by atoms with Gasteiger partial charge in [-0.1, -0.05) is 23.7 Å². The van der Waals surface area contributed by atoms with E-state index in [2.05, 4.69) is 15.0 Å². The van der Waals surface area contributed by atoms with Gasteiger partial charge in [0.15, 0.2) is 28.3 Å². The molecule has 0 amide bonds. The van der Waals surface area contributed by atoms with Gasteiger partial charge >= 0.3 is 0 Å². The number of aliphatic hydroxyl groups excluding tert-OH is 8. The number of aliphatic hydroxyl groups is 8. The van der Waals surface area contributed by atoms with Gasteiger partial charge in [0, 0.05) is 26.2 Å². The Balaban J connectivity index is 1.82. The number of amidine groups is 1. The van der Waals surface area contributed by atoms with Gasteiger partial charge in [0.25, 0.3) is 0 Å². The first-order chi connectivity index (χ1) is 22.3. The van der Waals surface area contributed by atoms with E-state index in [0.29, 0.717) is 18.7 Å². The molecule has 2 rings (SSSR count). The lowest BCUT2D eigenvalue weighted by Crippen LogP contribution is -2.51. The van der Waals surface area contributed by atoms with E-state index < -0.39 is 55.6 Å². The number of hydrogen-bond acceptors (Lipinski definition) is 16. The Labute approximate surface area is 276 Å². The number of anilines is 2. The van der Waals surface area contributed by atoms with Crippen LogP contribution in [-0.4, -0.2) is 150 Å². The standard InChI is InChI=1S/C29H46ClN7O10/c30-27-29(33)36-28(32)24(35-27)18(40)11-23(31)34-8-2-1-3-16-4-6-17(7-5-16)47-10-9-37(12-19(41)25(45)21(43)14-38)13-20(42)26(46)22(44)15-39/h4-7,19-22,25-26,38-39,41-46H,1-3,8-15H2,(H2,31,34)(H4,32,33,36)/t19-,20-,21+,22+,25+,26+/m0/s1. The third-order valence-corrected chi connectivity index (χ3v) is 7.42. The summed E-state index contributed by atoms with van der Waals surface area (Å²) in [5, 5.41) is 77.8. The number of carbonyl (C=O) groups excluding carboxylic acids is 1. The first kappa shape index (κ1) is 39.9. The second-order valence-electron chi connectivity index (χ2n) is 10.9. The Bertz CT molecular complexity index is 1250. The summed E-state index contributed by atoms with van der Waals surface area (Å²) in [6.07, 6.45) is -7.50. The number of nitrogen functional groups attached to an aromatic ring is 2. The van der Waals surface area contributed by atoms with E-state index in [4.69, 9.17) is 43.8 Å². The van der Waals surface area contributed by atoms with E-state index in [1.54, 1.807) is 12.1 Å². The summed E-state index contributed by atoms with van der Waals surface area (Å²) in [7, 11) is 0. The number of benzene rings is 1. The largest absolute Gasteiger partial charge is 0.492 e. The summed E-state index contributed by atoms with van der Waals surface area (Å²) in [5.41, 5.74) is 18.0. The highest BCUT2D eigenvalue weighted by molar-refractivity contribution is 6.31. The number of aromatic nitrogens is 2. The van der Waals surface area contributed by atoms with Crippen LogP contribution in [0.5, 0.6) is 5.75 Å². The summed E-state index contributed by atoms with van der Waals surface area (Å²) >= 11 is 5.82. The molecule has 6 atom stereocenters. The fourth-order valence-corrected chi connectivity index (χ4v) is 4.52. The van der Waals surface area contributed by atoms with Crippen LogP contribution >= 0.6 is 11.6 Å². The quantitative estimate of drug-likeness (QED) is 0.0255. The Morgan fingerprint density at radius 3 is 2.00 bits per heavy atom. The lowest BCUT2D eigenvalue weighted by molar-refractivity contribution is -0.101. The summed E-state index contributed by atoms with van der Waals surface area (Å²) in [6, 6.07) is 7.32. The molecular formula is C29H46ClN7O10. The molecule has 0 bridgehead atoms. The molecule has 1 aromatic carbocycles. The molecule has 0 spiro atoms. The normalized spacial score (nSPS) is 16.0. The van der Waals surface area contributed by atoms with Crippen LogP contribution in [-0.2, 0) is 6.42 Å². The number of halogens is 1. The molecule has 14 N–H and O–H groups in total. The fraction of sp³-hybridized carbons (Fsp3) is 0.586. The zero-order valence-electron chi connectivity index (χ0n) is 25.8. The van der Waals surface area contributed by atoms with E-state index in [0.717, 1.165) is 18.4 Å². The third kappa shape index (κ3) is 13.4. The number of rotatable bonds is 22. The van der Waals surface area contributed by atoms with Gasteiger partial charge < -0.3 is 62.8 Å². The molecule has 1 heterocycles. The molecule has 0 unspecified atom stereocenters. The summed E-state index contributed by atoms with van der Waals surface area (Å²) in [4.78, 5) is 25.7. The van der Waals surface area contributed by atoms with Crippen molar-refractivity contribution in [2.75, 3.05) is 57.5 Å². The number of aliphatic imine (C=N–C) groups is 1. The molecule has 0 aliphatic rings. The highest BCUT2D eigenvalue weighted by Gasteiger charge is 2.30. The summed E-state index contributed by atoms with van der Waals surface area (Å²) in [6.45, 7) is -1.51. The van der Waals surface area contributed by atoms with Crippen molar-refractivity contribution in [3.05, 3.63) is 40.7 Å². The Morgan fingerprint density at radius 1 is 0.872 bits per heavy atom. The van der Waals surface area contributed by atoms with Gasteiger partial charge in [-0.2, -0.15) is 0 Å². The Hall–Kier alpha value is -3.23. The van der Waals surface area contributed by atoms with Crippen LogP contribution < -0.4 is 21.9 Å². The van der Waals surface area contributed by atoms with Gasteiger partial charge in [0.1, 0.15) is 42.6 Å². The van der Waals surface area contributed by atoms with Crippen LogP contribution in [0.1, 0.15) is 35.3 Å². The van der Waals surface area contributed by atoms with Crippen LogP contribution in [0.3, 0.4) is 0 Å². The van der Waals surface area contributed by atoms with Crippen LogP contribution in [0.15, 0.2) is 29.3 Å². The average Bonchev–Trinajstić information content (AvgIpc) is 3.05. The lowest BCUT2D eigenvalue weighted by atomic mass is 10.1. The minimum Gasteiger partial charge on any atom is -0.492 e. The van der Waals surface area contributed by atoms with Crippen molar-refractivity contribution in [1.29, 1.82) is 0 Å². The number of nitrogens with zero attached hydrogens (tertiary/aromatic N) is 4. The topological polar surface area (TPSA) is 308 Å². The molecule has 18 heteroatoms. The molecule has 0 saturated carbocycles. The molecule has 17 nitrogen and oxygen atoms in total. The maximum Gasteiger partial charge on any atom is 0.192 e. The molecule has 0 aliphatic heterocycles. The van der Waals surface area contributed by atoms with E-state index in [-0.39, 0.29) is 61.0 Å². The van der Waals surface area contributed by atoms with E-state index in [1.165, 1.54) is 4.90 Å². The second-order valence-corrected chi connectivity index (χ2v) is 11.3. The van der Waals surface area contributed by atoms with Crippen molar-refractivity contribution < 1.29 is 50.4 Å². The number of Topliss-reactive ketones (excluding diaryl/α,β-unsaturated/α-hetero) is 1. The predicted octanol–water partition coefficient (Wildman–Crippen LogP) is -2.92. The molecule has 1 aromatic heterocycles. The van der Waals surface area contributed by atoms with Gasteiger partial charge in [0.05, 0.1) is 31.8 Å². The lowest BCUT2D eigenvalue weighted by Gasteiger charge is -2.32. The molecule has 0 saturated heterocycles. The van der Waals surface area contributed by atoms with E-state index >= 15 is 0 Å². The predicted molar refractivity (Wildman–Crippen MR) is 173 cm³/mol. The SMILES string of the molecule is NC(CC(=O)c1nc(Cl)c(N)nc1N)=NCCCCc1ccc(OCCN(C[C@H](O)[C@@H](O)[C@H](O)CO)C[C@H](O)[C@@H](O)[C@H](O)CO)cc1. The number of hydrogen-bond donors (Lipinski definition) is 11.